The van der Waals surface area contributed by atoms with Gasteiger partial charge in [0.2, 0.25) is 5.91 Å². The zero-order valence-electron chi connectivity index (χ0n) is 9.08. The molecule has 2 heterocycles. The second-order valence-corrected chi connectivity index (χ2v) is 5.50. The zero-order chi connectivity index (χ0) is 11.9. The minimum absolute atomic E-state index is 0.112. The van der Waals surface area contributed by atoms with E-state index in [-0.39, 0.29) is 11.8 Å². The predicted octanol–water partition coefficient (Wildman–Crippen LogP) is 1.36. The fraction of sp³-hybridized carbons (Fsp3) is 0.800. The van der Waals surface area contributed by atoms with Crippen LogP contribution in [-0.4, -0.2) is 45.2 Å². The molecule has 2 amide bonds. The van der Waals surface area contributed by atoms with Crippen LogP contribution in [0.1, 0.15) is 26.2 Å². The number of halogens is 2. The van der Waals surface area contributed by atoms with E-state index in [2.05, 4.69) is 0 Å². The van der Waals surface area contributed by atoms with Crippen LogP contribution in [0.3, 0.4) is 0 Å². The van der Waals surface area contributed by atoms with Crippen molar-refractivity contribution in [3.8, 4) is 0 Å². The fourth-order valence-electron chi connectivity index (χ4n) is 2.62. The molecule has 90 valence electrons. The van der Waals surface area contributed by atoms with Crippen LogP contribution in [0.5, 0.6) is 0 Å². The van der Waals surface area contributed by atoms with E-state index >= 15 is 0 Å². The topological polar surface area (TPSA) is 40.6 Å². The maximum atomic E-state index is 11.9. The Morgan fingerprint density at radius 2 is 2.12 bits per heavy atom. The summed E-state index contributed by atoms with van der Waals surface area (Å²) in [7, 11) is 0. The molecular weight excluding hydrogens is 251 g/mol. The third-order valence-corrected chi connectivity index (χ3v) is 3.87. The molecule has 6 heteroatoms. The van der Waals surface area contributed by atoms with Gasteiger partial charge in [-0.25, -0.2) is 0 Å². The summed E-state index contributed by atoms with van der Waals surface area (Å²) >= 11 is 11.2. The van der Waals surface area contributed by atoms with Gasteiger partial charge in [0.1, 0.15) is 5.66 Å². The quantitative estimate of drug-likeness (QED) is 0.672. The number of nitrogens with zero attached hydrogens (tertiary/aromatic N) is 2. The molecule has 0 saturated carbocycles. The van der Waals surface area contributed by atoms with Crippen molar-refractivity contribution in [1.29, 1.82) is 0 Å². The summed E-state index contributed by atoms with van der Waals surface area (Å²) in [4.78, 5) is 25.9. The highest BCUT2D eigenvalue weighted by molar-refractivity contribution is 6.53. The monoisotopic (exact) mass is 264 g/mol. The molecule has 0 bridgehead atoms. The summed E-state index contributed by atoms with van der Waals surface area (Å²) in [6.07, 6.45) is 1.95. The molecular formula is C10H14Cl2N2O2. The summed E-state index contributed by atoms with van der Waals surface area (Å²) in [6, 6.07) is 0. The molecule has 16 heavy (non-hydrogen) atoms. The van der Waals surface area contributed by atoms with Crippen molar-refractivity contribution in [2.75, 3.05) is 13.1 Å². The molecule has 2 fully saturated rings. The lowest BCUT2D eigenvalue weighted by Crippen LogP contribution is -2.63. The first-order valence-corrected chi connectivity index (χ1v) is 6.24. The maximum absolute atomic E-state index is 11.9. The molecule has 0 aromatic rings. The predicted molar refractivity (Wildman–Crippen MR) is 61.2 cm³/mol. The van der Waals surface area contributed by atoms with E-state index in [9.17, 15) is 9.59 Å². The van der Waals surface area contributed by atoms with Crippen molar-refractivity contribution in [1.82, 2.24) is 9.80 Å². The van der Waals surface area contributed by atoms with Crippen LogP contribution in [0.4, 0.5) is 0 Å². The maximum Gasteiger partial charge on any atom is 0.257 e. The Balaban J connectivity index is 2.26. The van der Waals surface area contributed by atoms with Gasteiger partial charge in [0, 0.05) is 19.5 Å². The van der Waals surface area contributed by atoms with Crippen LogP contribution >= 0.6 is 23.2 Å². The van der Waals surface area contributed by atoms with E-state index in [0.29, 0.717) is 25.9 Å². The van der Waals surface area contributed by atoms with Gasteiger partial charge >= 0.3 is 0 Å². The van der Waals surface area contributed by atoms with Gasteiger partial charge in [0.25, 0.3) is 5.91 Å². The fourth-order valence-corrected chi connectivity index (χ4v) is 2.86. The third kappa shape index (κ3) is 1.68. The number of fused-ring (bicyclic) bond motifs is 1. The van der Waals surface area contributed by atoms with Crippen molar-refractivity contribution >= 4 is 35.0 Å². The lowest BCUT2D eigenvalue weighted by Gasteiger charge is -2.48. The lowest BCUT2D eigenvalue weighted by molar-refractivity contribution is -0.153. The van der Waals surface area contributed by atoms with Crippen molar-refractivity contribution in [2.24, 2.45) is 0 Å². The van der Waals surface area contributed by atoms with Gasteiger partial charge in [-0.3, -0.25) is 9.59 Å². The van der Waals surface area contributed by atoms with Crippen molar-refractivity contribution in [3.05, 3.63) is 0 Å². The first-order chi connectivity index (χ1) is 7.47. The summed E-state index contributed by atoms with van der Waals surface area (Å²) in [5.41, 5.74) is -0.519. The highest BCUT2D eigenvalue weighted by Gasteiger charge is 2.50. The number of rotatable bonds is 1. The molecule has 0 unspecified atom stereocenters. The van der Waals surface area contributed by atoms with E-state index in [1.54, 1.807) is 9.80 Å². The zero-order valence-corrected chi connectivity index (χ0v) is 10.6. The standard InChI is InChI=1S/C10H14Cl2N2O2/c1-10-4-3-7(15)13(10)5-2-6-14(10)9(16)8(11)12/h8H,2-6H2,1H3/t10-/m1/s1. The molecule has 0 radical (unpaired) electrons. The van der Waals surface area contributed by atoms with Crippen LogP contribution in [0, 0.1) is 0 Å². The molecule has 1 atom stereocenters. The van der Waals surface area contributed by atoms with Crippen LogP contribution in [0.25, 0.3) is 0 Å². The Labute approximate surface area is 104 Å². The second kappa shape index (κ2) is 4.08. The highest BCUT2D eigenvalue weighted by Crippen LogP contribution is 2.37. The molecule has 2 saturated heterocycles. The van der Waals surface area contributed by atoms with Gasteiger partial charge in [-0.2, -0.15) is 0 Å². The molecule has 2 aliphatic heterocycles. The van der Waals surface area contributed by atoms with E-state index in [4.69, 9.17) is 23.2 Å². The largest absolute Gasteiger partial charge is 0.320 e. The SMILES string of the molecule is C[C@@]12CCC(=O)N1CCCN2C(=O)C(Cl)Cl. The molecule has 2 rings (SSSR count). The first-order valence-electron chi connectivity index (χ1n) is 5.37. The van der Waals surface area contributed by atoms with Crippen LogP contribution in [0.15, 0.2) is 0 Å². The number of carbonyl (C=O) groups excluding carboxylic acids is 2. The third-order valence-electron chi connectivity index (χ3n) is 3.49. The van der Waals surface area contributed by atoms with Gasteiger partial charge in [0.05, 0.1) is 0 Å². The number of hydrogen-bond donors (Lipinski definition) is 0. The smallest absolute Gasteiger partial charge is 0.257 e. The molecule has 2 aliphatic rings. The Bertz CT molecular complexity index is 335. The van der Waals surface area contributed by atoms with Crippen LogP contribution in [0.2, 0.25) is 0 Å². The minimum Gasteiger partial charge on any atom is -0.320 e. The van der Waals surface area contributed by atoms with Crippen molar-refractivity contribution < 1.29 is 9.59 Å². The van der Waals surface area contributed by atoms with E-state index in [1.807, 2.05) is 6.92 Å². The molecule has 0 aromatic carbocycles. The number of alkyl halides is 2. The van der Waals surface area contributed by atoms with Gasteiger partial charge in [-0.1, -0.05) is 23.2 Å². The van der Waals surface area contributed by atoms with Crippen molar-refractivity contribution in [3.63, 3.8) is 0 Å². The number of hydrogen-bond acceptors (Lipinski definition) is 2. The number of carbonyl (C=O) groups is 2. The molecule has 0 N–H and O–H groups in total. The Morgan fingerprint density at radius 3 is 2.75 bits per heavy atom. The average Bonchev–Trinajstić information content (AvgIpc) is 2.54. The van der Waals surface area contributed by atoms with E-state index in [1.165, 1.54) is 0 Å². The molecule has 0 aromatic heterocycles. The lowest BCUT2D eigenvalue weighted by atomic mass is 10.0. The van der Waals surface area contributed by atoms with Crippen molar-refractivity contribution in [2.45, 2.75) is 36.7 Å². The summed E-state index contributed by atoms with van der Waals surface area (Å²) in [5, 5.41) is 0. The van der Waals surface area contributed by atoms with Crippen LogP contribution < -0.4 is 0 Å². The second-order valence-electron chi connectivity index (χ2n) is 4.41. The molecule has 0 aliphatic carbocycles. The van der Waals surface area contributed by atoms with E-state index in [0.717, 1.165) is 6.42 Å². The first kappa shape index (κ1) is 12.0. The summed E-state index contributed by atoms with van der Waals surface area (Å²) in [5.74, 6) is -0.189. The molecule has 4 nitrogen and oxygen atoms in total. The summed E-state index contributed by atoms with van der Waals surface area (Å²) < 4.78 is 0. The molecule has 0 spiro atoms. The number of amides is 2. The van der Waals surface area contributed by atoms with E-state index < -0.39 is 10.5 Å². The van der Waals surface area contributed by atoms with Gasteiger partial charge in [0.15, 0.2) is 4.84 Å². The highest BCUT2D eigenvalue weighted by atomic mass is 35.5. The Kier molecular flexibility index (Phi) is 3.05. The minimum atomic E-state index is -1.05. The van der Waals surface area contributed by atoms with Gasteiger partial charge in [-0.15, -0.1) is 0 Å². The Hall–Kier alpha value is -0.480. The normalized spacial score (nSPS) is 29.9. The summed E-state index contributed by atoms with van der Waals surface area (Å²) in [6.45, 7) is 3.24. The van der Waals surface area contributed by atoms with Crippen LogP contribution in [-0.2, 0) is 9.59 Å². The Morgan fingerprint density at radius 1 is 1.44 bits per heavy atom. The average molecular weight is 265 g/mol. The van der Waals surface area contributed by atoms with Gasteiger partial charge in [-0.05, 0) is 19.8 Å². The van der Waals surface area contributed by atoms with Gasteiger partial charge < -0.3 is 9.80 Å².